The van der Waals surface area contributed by atoms with E-state index in [-0.39, 0.29) is 36.2 Å². The number of rotatable bonds is 44. The third-order valence-corrected chi connectivity index (χ3v) is 10.8. The number of carboxylic acids is 1. The van der Waals surface area contributed by atoms with Gasteiger partial charge in [-0.2, -0.15) is 0 Å². The van der Waals surface area contributed by atoms with E-state index in [1.165, 1.54) is 83.5 Å². The molecular formula is C54H94NO7+. The van der Waals surface area contributed by atoms with Crippen molar-refractivity contribution in [2.45, 2.75) is 212 Å². The van der Waals surface area contributed by atoms with Gasteiger partial charge in [0.25, 0.3) is 0 Å². The molecule has 0 amide bonds. The molecule has 0 radical (unpaired) electrons. The number of carbonyl (C=O) groups excluding carboxylic acids is 2. The van der Waals surface area contributed by atoms with Crippen molar-refractivity contribution in [2.75, 3.05) is 41.0 Å². The summed E-state index contributed by atoms with van der Waals surface area (Å²) in [7, 11) is 5.52. The Morgan fingerprint density at radius 3 is 1.34 bits per heavy atom. The maximum Gasteiger partial charge on any atom is 0.362 e. The molecular weight excluding hydrogens is 775 g/mol. The van der Waals surface area contributed by atoms with Crippen LogP contribution in [-0.2, 0) is 28.6 Å². The molecule has 0 heterocycles. The van der Waals surface area contributed by atoms with Crippen molar-refractivity contribution in [3.8, 4) is 0 Å². The summed E-state index contributed by atoms with van der Waals surface area (Å²) in [6, 6.07) is -0.622. The van der Waals surface area contributed by atoms with Crippen LogP contribution in [0.2, 0.25) is 0 Å². The fourth-order valence-corrected chi connectivity index (χ4v) is 6.99. The molecule has 0 aromatic heterocycles. The van der Waals surface area contributed by atoms with Crippen molar-refractivity contribution in [1.82, 2.24) is 0 Å². The SMILES string of the molecule is CC/C=C\C/C=C\C/C=C\C/C=C\CCCCCCCCC(=O)OC(COCCC(C(=O)O)[N+](C)(C)C)COC(=O)CCCCCCCCCCC/C=C\C/C=C\CCCCC. The fraction of sp³-hybridized carbons (Fsp3) is 0.722. The quantitative estimate of drug-likeness (QED) is 0.0282. The molecule has 356 valence electrons. The predicted octanol–water partition coefficient (Wildman–Crippen LogP) is 14.3. The molecule has 0 saturated carbocycles. The predicted molar refractivity (Wildman–Crippen MR) is 261 cm³/mol. The minimum absolute atomic E-state index is 0.0509. The van der Waals surface area contributed by atoms with Crippen LogP contribution in [0.5, 0.6) is 0 Å². The van der Waals surface area contributed by atoms with E-state index in [2.05, 4.69) is 86.8 Å². The van der Waals surface area contributed by atoms with Gasteiger partial charge in [0.1, 0.15) is 6.61 Å². The first-order chi connectivity index (χ1) is 30.1. The lowest BCUT2D eigenvalue weighted by atomic mass is 10.1. The molecule has 8 heteroatoms. The topological polar surface area (TPSA) is 99.1 Å². The zero-order chi connectivity index (χ0) is 45.6. The number of carboxylic acid groups (broad SMARTS) is 1. The average Bonchev–Trinajstić information content (AvgIpc) is 3.23. The van der Waals surface area contributed by atoms with Crippen LogP contribution >= 0.6 is 0 Å². The number of unbranched alkanes of at least 4 members (excludes halogenated alkanes) is 18. The van der Waals surface area contributed by atoms with Crippen LogP contribution in [0.4, 0.5) is 0 Å². The van der Waals surface area contributed by atoms with Gasteiger partial charge >= 0.3 is 17.9 Å². The van der Waals surface area contributed by atoms with Gasteiger partial charge in [-0.05, 0) is 83.5 Å². The Morgan fingerprint density at radius 1 is 0.500 bits per heavy atom. The minimum Gasteiger partial charge on any atom is -0.477 e. The van der Waals surface area contributed by atoms with Crippen molar-refractivity contribution < 1.29 is 38.2 Å². The third-order valence-electron chi connectivity index (χ3n) is 10.8. The van der Waals surface area contributed by atoms with Gasteiger partial charge in [0.05, 0.1) is 34.4 Å². The van der Waals surface area contributed by atoms with E-state index in [4.69, 9.17) is 14.2 Å². The Bertz CT molecular complexity index is 1240. The van der Waals surface area contributed by atoms with Crippen LogP contribution in [0.25, 0.3) is 0 Å². The summed E-state index contributed by atoms with van der Waals surface area (Å²) in [6.07, 6.45) is 56.6. The number of aliphatic carboxylic acids is 1. The van der Waals surface area contributed by atoms with Gasteiger partial charge in [-0.25, -0.2) is 4.79 Å². The number of likely N-dealkylation sites (N-methyl/N-ethyl adjacent to an activating group) is 1. The first kappa shape index (κ1) is 58.8. The summed E-state index contributed by atoms with van der Waals surface area (Å²) < 4.78 is 17.3. The smallest absolute Gasteiger partial charge is 0.362 e. The molecule has 1 N–H and O–H groups in total. The highest BCUT2D eigenvalue weighted by molar-refractivity contribution is 5.72. The number of ether oxygens (including phenoxy) is 3. The first-order valence-corrected chi connectivity index (χ1v) is 25.0. The standard InChI is InChI=1S/C54H93NO7/c1-6-8-10-12-14-16-18-20-22-24-26-28-30-32-34-36-38-40-42-44-52(56)61-49-50(48-60-47-46-51(54(58)59)55(3,4)5)62-53(57)45-43-41-39-37-35-33-31-29-27-25-23-21-19-17-15-13-11-9-7-2/h9,11,14-17,20-23,27,29,50-51H,6-8,10,12-13,18-19,24-26,28,30-49H2,1-5H3/p+1/b11-9-,16-14-,17-15-,22-20-,23-21-,29-27-. The number of nitrogens with zero attached hydrogens (tertiary/aromatic N) is 1. The Hall–Kier alpha value is -3.23. The summed E-state index contributed by atoms with van der Waals surface area (Å²) in [6.45, 7) is 4.58. The number of hydrogen-bond donors (Lipinski definition) is 1. The highest BCUT2D eigenvalue weighted by Gasteiger charge is 2.31. The van der Waals surface area contributed by atoms with E-state index < -0.39 is 18.1 Å². The van der Waals surface area contributed by atoms with Gasteiger partial charge in [0.2, 0.25) is 0 Å². The van der Waals surface area contributed by atoms with Crippen LogP contribution in [0.3, 0.4) is 0 Å². The Morgan fingerprint density at radius 2 is 0.903 bits per heavy atom. The lowest BCUT2D eigenvalue weighted by Gasteiger charge is -2.31. The molecule has 0 rings (SSSR count). The monoisotopic (exact) mass is 869 g/mol. The molecule has 2 atom stereocenters. The molecule has 0 spiro atoms. The van der Waals surface area contributed by atoms with Crippen LogP contribution < -0.4 is 0 Å². The summed E-state index contributed by atoms with van der Waals surface area (Å²) in [5, 5.41) is 9.65. The Kier molecular flexibility index (Phi) is 42.1. The second-order valence-corrected chi connectivity index (χ2v) is 17.7. The molecule has 0 aliphatic rings. The number of carbonyl (C=O) groups is 3. The summed E-state index contributed by atoms with van der Waals surface area (Å²) in [5.41, 5.74) is 0. The maximum absolute atomic E-state index is 12.8. The van der Waals surface area contributed by atoms with Gasteiger partial charge in [-0.15, -0.1) is 0 Å². The van der Waals surface area contributed by atoms with E-state index in [1.807, 2.05) is 21.1 Å². The Labute approximate surface area is 381 Å². The van der Waals surface area contributed by atoms with Crippen LogP contribution in [0.1, 0.15) is 200 Å². The average molecular weight is 869 g/mol. The highest BCUT2D eigenvalue weighted by atomic mass is 16.6. The molecule has 0 aromatic rings. The van der Waals surface area contributed by atoms with Gasteiger partial charge in [-0.1, -0.05) is 170 Å². The van der Waals surface area contributed by atoms with Crippen molar-refractivity contribution >= 4 is 17.9 Å². The van der Waals surface area contributed by atoms with E-state index >= 15 is 0 Å². The van der Waals surface area contributed by atoms with Gasteiger partial charge in [0.15, 0.2) is 12.1 Å². The molecule has 0 aromatic carbocycles. The summed E-state index contributed by atoms with van der Waals surface area (Å²) in [4.78, 5) is 37.1. The number of hydrogen-bond acceptors (Lipinski definition) is 6. The number of allylic oxidation sites excluding steroid dienone is 12. The maximum atomic E-state index is 12.8. The van der Waals surface area contributed by atoms with E-state index in [0.29, 0.717) is 19.3 Å². The molecule has 0 bridgehead atoms. The van der Waals surface area contributed by atoms with Crippen molar-refractivity contribution in [1.29, 1.82) is 0 Å². The lowest BCUT2D eigenvalue weighted by molar-refractivity contribution is -0.887. The third kappa shape index (κ3) is 42.1. The molecule has 0 aliphatic carbocycles. The zero-order valence-electron chi connectivity index (χ0n) is 40.6. The molecule has 62 heavy (non-hydrogen) atoms. The first-order valence-electron chi connectivity index (χ1n) is 25.0. The second kappa shape index (κ2) is 44.4. The second-order valence-electron chi connectivity index (χ2n) is 17.7. The normalized spacial score (nSPS) is 13.5. The molecule has 0 saturated heterocycles. The number of esters is 2. The highest BCUT2D eigenvalue weighted by Crippen LogP contribution is 2.14. The molecule has 0 fully saturated rings. The van der Waals surface area contributed by atoms with Crippen LogP contribution in [-0.4, -0.2) is 80.6 Å². The number of quaternary nitrogens is 1. The fourth-order valence-electron chi connectivity index (χ4n) is 6.99. The van der Waals surface area contributed by atoms with E-state index in [0.717, 1.165) is 83.5 Å². The molecule has 2 unspecified atom stereocenters. The summed E-state index contributed by atoms with van der Waals surface area (Å²) in [5.74, 6) is -1.49. The molecule has 8 nitrogen and oxygen atoms in total. The zero-order valence-corrected chi connectivity index (χ0v) is 40.6. The van der Waals surface area contributed by atoms with Crippen LogP contribution in [0, 0.1) is 0 Å². The van der Waals surface area contributed by atoms with Crippen molar-refractivity contribution in [3.05, 3.63) is 72.9 Å². The van der Waals surface area contributed by atoms with Crippen molar-refractivity contribution in [3.63, 3.8) is 0 Å². The Balaban J connectivity index is 4.31. The van der Waals surface area contributed by atoms with Crippen LogP contribution in [0.15, 0.2) is 72.9 Å². The van der Waals surface area contributed by atoms with Crippen molar-refractivity contribution in [2.24, 2.45) is 0 Å². The largest absolute Gasteiger partial charge is 0.477 e. The minimum atomic E-state index is -0.880. The summed E-state index contributed by atoms with van der Waals surface area (Å²) >= 11 is 0. The lowest BCUT2D eigenvalue weighted by Crippen LogP contribution is -2.50. The van der Waals surface area contributed by atoms with Gasteiger partial charge < -0.3 is 23.8 Å². The molecule has 0 aliphatic heterocycles. The van der Waals surface area contributed by atoms with E-state index in [9.17, 15) is 19.5 Å². The van der Waals surface area contributed by atoms with Gasteiger partial charge in [-0.3, -0.25) is 9.59 Å². The van der Waals surface area contributed by atoms with E-state index in [1.54, 1.807) is 0 Å². The van der Waals surface area contributed by atoms with Gasteiger partial charge in [0, 0.05) is 19.3 Å².